The molecule has 0 aliphatic carbocycles. The molecule has 1 aliphatic rings. The van der Waals surface area contributed by atoms with E-state index in [-0.39, 0.29) is 25.9 Å². The minimum atomic E-state index is -1.92. The normalized spacial score (nSPS) is 19.9. The number of unbranched alkanes of at least 4 members (excludes halogenated alkanes) is 16. The zero-order valence-electron chi connectivity index (χ0n) is 37.9. The van der Waals surface area contributed by atoms with Gasteiger partial charge in [-0.3, -0.25) is 14.4 Å². The lowest BCUT2D eigenvalue weighted by molar-refractivity contribution is -0.301. The van der Waals surface area contributed by atoms with Crippen LogP contribution >= 0.6 is 0 Å². The Hall–Kier alpha value is -3.32. The zero-order chi connectivity index (χ0) is 44.8. The van der Waals surface area contributed by atoms with E-state index in [0.29, 0.717) is 25.7 Å². The highest BCUT2D eigenvalue weighted by Gasteiger charge is 2.50. The van der Waals surface area contributed by atoms with Crippen molar-refractivity contribution >= 4 is 23.9 Å². The molecule has 6 atom stereocenters. The SMILES string of the molecule is CC/C=C\C/C=C\C/C=C\C/C=C\CCC(=O)OC1C(OCC(COC(=O)CCCCCCCCCCC)OC(=O)CCCCCCCCCCC)OC(C(=O)O)C(O)C1O. The molecule has 1 aliphatic heterocycles. The maximum absolute atomic E-state index is 12.9. The number of aliphatic hydroxyl groups excluding tert-OH is 2. The van der Waals surface area contributed by atoms with Crippen LogP contribution < -0.4 is 0 Å². The summed E-state index contributed by atoms with van der Waals surface area (Å²) < 4.78 is 28.0. The second kappa shape index (κ2) is 38.4. The van der Waals surface area contributed by atoms with E-state index in [4.69, 9.17) is 23.7 Å². The number of aliphatic carboxylic acids is 1. The number of carbonyl (C=O) groups excluding carboxylic acids is 3. The Morgan fingerprint density at radius 2 is 1.03 bits per heavy atom. The number of hydrogen-bond donors (Lipinski definition) is 3. The third-order valence-electron chi connectivity index (χ3n) is 10.4. The Bertz CT molecular complexity index is 1260. The molecule has 0 saturated carbocycles. The second-order valence-electron chi connectivity index (χ2n) is 16.0. The summed E-state index contributed by atoms with van der Waals surface area (Å²) in [6.07, 6.45) is 30.1. The van der Waals surface area contributed by atoms with Gasteiger partial charge in [-0.25, -0.2) is 4.79 Å². The molecule has 0 aromatic carbocycles. The molecular formula is C49H82O12. The Kier molecular flexibility index (Phi) is 35.0. The van der Waals surface area contributed by atoms with Gasteiger partial charge in [0.25, 0.3) is 0 Å². The summed E-state index contributed by atoms with van der Waals surface area (Å²) in [5, 5.41) is 31.1. The van der Waals surface area contributed by atoms with Gasteiger partial charge in [-0.2, -0.15) is 0 Å². The molecule has 0 aromatic heterocycles. The van der Waals surface area contributed by atoms with Crippen molar-refractivity contribution in [2.45, 2.75) is 225 Å². The van der Waals surface area contributed by atoms with Crippen LogP contribution in [0.4, 0.5) is 0 Å². The van der Waals surface area contributed by atoms with Gasteiger partial charge in [0, 0.05) is 19.3 Å². The molecule has 1 rings (SSSR count). The average molecular weight is 863 g/mol. The van der Waals surface area contributed by atoms with Crippen molar-refractivity contribution in [1.82, 2.24) is 0 Å². The first-order chi connectivity index (χ1) is 29.6. The highest BCUT2D eigenvalue weighted by Crippen LogP contribution is 2.26. The van der Waals surface area contributed by atoms with Crippen molar-refractivity contribution in [2.75, 3.05) is 13.2 Å². The minimum absolute atomic E-state index is 0.0589. The molecule has 0 bridgehead atoms. The fourth-order valence-electron chi connectivity index (χ4n) is 6.79. The van der Waals surface area contributed by atoms with Crippen molar-refractivity contribution in [3.8, 4) is 0 Å². The number of ether oxygens (including phenoxy) is 5. The zero-order valence-corrected chi connectivity index (χ0v) is 37.9. The Morgan fingerprint density at radius 3 is 1.54 bits per heavy atom. The van der Waals surface area contributed by atoms with Crippen LogP contribution in [0.15, 0.2) is 48.6 Å². The van der Waals surface area contributed by atoms with E-state index < -0.39 is 67.3 Å². The molecule has 0 amide bonds. The molecule has 1 heterocycles. The number of hydrogen-bond acceptors (Lipinski definition) is 11. The molecule has 3 N–H and O–H groups in total. The Balaban J connectivity index is 2.81. The van der Waals surface area contributed by atoms with E-state index in [9.17, 15) is 34.5 Å². The van der Waals surface area contributed by atoms with Gasteiger partial charge in [0.15, 0.2) is 24.6 Å². The van der Waals surface area contributed by atoms with Crippen LogP contribution in [0.1, 0.15) is 188 Å². The Morgan fingerprint density at radius 1 is 0.557 bits per heavy atom. The topological polar surface area (TPSA) is 175 Å². The van der Waals surface area contributed by atoms with Gasteiger partial charge < -0.3 is 39.0 Å². The van der Waals surface area contributed by atoms with Crippen molar-refractivity contribution in [2.24, 2.45) is 0 Å². The molecule has 0 spiro atoms. The Labute approximate surface area is 367 Å². The summed E-state index contributed by atoms with van der Waals surface area (Å²) in [6.45, 7) is 5.74. The fourth-order valence-corrected chi connectivity index (χ4v) is 6.79. The van der Waals surface area contributed by atoms with Gasteiger partial charge in [0.05, 0.1) is 6.61 Å². The monoisotopic (exact) mass is 863 g/mol. The molecular weight excluding hydrogens is 781 g/mol. The summed E-state index contributed by atoms with van der Waals surface area (Å²) in [4.78, 5) is 50.4. The fraction of sp³-hybridized carbons (Fsp3) is 0.755. The summed E-state index contributed by atoms with van der Waals surface area (Å²) >= 11 is 0. The van der Waals surface area contributed by atoms with Crippen LogP contribution in [0.5, 0.6) is 0 Å². The van der Waals surface area contributed by atoms with Crippen LogP contribution in [0, 0.1) is 0 Å². The maximum Gasteiger partial charge on any atom is 0.335 e. The second-order valence-corrected chi connectivity index (χ2v) is 16.0. The summed E-state index contributed by atoms with van der Waals surface area (Å²) in [5.74, 6) is -3.23. The first-order valence-electron chi connectivity index (χ1n) is 23.6. The molecule has 1 saturated heterocycles. The quantitative estimate of drug-likeness (QED) is 0.0232. The number of rotatable bonds is 38. The molecule has 0 radical (unpaired) electrons. The van der Waals surface area contributed by atoms with Crippen LogP contribution in [-0.2, 0) is 42.9 Å². The van der Waals surface area contributed by atoms with E-state index >= 15 is 0 Å². The van der Waals surface area contributed by atoms with Crippen LogP contribution in [0.2, 0.25) is 0 Å². The molecule has 0 aromatic rings. The van der Waals surface area contributed by atoms with E-state index in [1.54, 1.807) is 0 Å². The highest BCUT2D eigenvalue weighted by molar-refractivity contribution is 5.74. The average Bonchev–Trinajstić information content (AvgIpc) is 3.24. The summed E-state index contributed by atoms with van der Waals surface area (Å²) in [7, 11) is 0. The number of aliphatic hydroxyl groups is 2. The van der Waals surface area contributed by atoms with Crippen molar-refractivity contribution in [3.63, 3.8) is 0 Å². The summed E-state index contributed by atoms with van der Waals surface area (Å²) in [6, 6.07) is 0. The largest absolute Gasteiger partial charge is 0.479 e. The van der Waals surface area contributed by atoms with Gasteiger partial charge in [-0.15, -0.1) is 0 Å². The standard InChI is InChI=1S/C49H82O12/c1-4-7-10-13-16-19-20-21-22-25-28-31-34-37-43(52)60-47-45(54)44(53)46(48(55)56)61-49(47)58-39-40(59-42(51)36-33-30-27-24-18-15-12-9-6-3)38-57-41(50)35-32-29-26-23-17-14-11-8-5-2/h7,10,16,19,21-22,28,31,40,44-47,49,53-54H,4-6,8-9,11-15,17-18,20,23-27,29-30,32-39H2,1-3H3,(H,55,56)/b10-7-,19-16-,22-21-,31-28-. The van der Waals surface area contributed by atoms with E-state index in [0.717, 1.165) is 57.8 Å². The number of esters is 3. The summed E-state index contributed by atoms with van der Waals surface area (Å²) in [5.41, 5.74) is 0. The van der Waals surface area contributed by atoms with Gasteiger partial charge in [-0.05, 0) is 44.9 Å². The molecule has 12 nitrogen and oxygen atoms in total. The van der Waals surface area contributed by atoms with Crippen molar-refractivity contribution in [3.05, 3.63) is 48.6 Å². The van der Waals surface area contributed by atoms with Gasteiger partial charge in [-0.1, -0.05) is 172 Å². The number of carbonyl (C=O) groups is 4. The first kappa shape index (κ1) is 55.7. The smallest absolute Gasteiger partial charge is 0.335 e. The van der Waals surface area contributed by atoms with Crippen molar-refractivity contribution in [1.29, 1.82) is 0 Å². The van der Waals surface area contributed by atoms with Crippen LogP contribution in [0.3, 0.4) is 0 Å². The predicted octanol–water partition coefficient (Wildman–Crippen LogP) is 10.3. The first-order valence-corrected chi connectivity index (χ1v) is 23.6. The van der Waals surface area contributed by atoms with Gasteiger partial charge in [0.1, 0.15) is 18.8 Å². The highest BCUT2D eigenvalue weighted by atomic mass is 16.7. The molecule has 350 valence electrons. The van der Waals surface area contributed by atoms with E-state index in [1.807, 2.05) is 18.2 Å². The van der Waals surface area contributed by atoms with E-state index in [1.165, 1.54) is 64.2 Å². The molecule has 12 heteroatoms. The lowest BCUT2D eigenvalue weighted by Crippen LogP contribution is -2.61. The van der Waals surface area contributed by atoms with Crippen LogP contribution in [0.25, 0.3) is 0 Å². The van der Waals surface area contributed by atoms with Crippen molar-refractivity contribution < 1.29 is 58.2 Å². The molecule has 61 heavy (non-hydrogen) atoms. The number of carboxylic acids is 1. The lowest BCUT2D eigenvalue weighted by Gasteiger charge is -2.40. The molecule has 1 fully saturated rings. The lowest BCUT2D eigenvalue weighted by atomic mass is 9.98. The third-order valence-corrected chi connectivity index (χ3v) is 10.4. The van der Waals surface area contributed by atoms with Gasteiger partial charge >= 0.3 is 23.9 Å². The van der Waals surface area contributed by atoms with Gasteiger partial charge in [0.2, 0.25) is 0 Å². The predicted molar refractivity (Wildman–Crippen MR) is 239 cm³/mol. The third kappa shape index (κ3) is 29.6. The number of allylic oxidation sites excluding steroid dienone is 8. The number of carboxylic acid groups (broad SMARTS) is 1. The van der Waals surface area contributed by atoms with Crippen LogP contribution in [-0.4, -0.2) is 89.2 Å². The minimum Gasteiger partial charge on any atom is -0.479 e. The molecule has 6 unspecified atom stereocenters. The van der Waals surface area contributed by atoms with E-state index in [2.05, 4.69) is 51.2 Å². The maximum atomic E-state index is 12.9.